The Bertz CT molecular complexity index is 819. The molecular formula is C20H25ClIN3O3. The summed E-state index contributed by atoms with van der Waals surface area (Å²) < 4.78 is 10.8. The predicted octanol–water partition coefficient (Wildman–Crippen LogP) is 3.82. The number of guanidine groups is 1. The highest BCUT2D eigenvalue weighted by atomic mass is 127. The number of aliphatic imine (C=N–C) groups is 1. The smallest absolute Gasteiger partial charge is 0.231 e. The number of aliphatic hydroxyl groups excluding tert-OH is 1. The van der Waals surface area contributed by atoms with E-state index in [2.05, 4.69) is 10.3 Å². The lowest BCUT2D eigenvalue weighted by atomic mass is 10.1. The number of aliphatic hydroxyl groups is 1. The van der Waals surface area contributed by atoms with E-state index in [-0.39, 0.29) is 37.3 Å². The van der Waals surface area contributed by atoms with Crippen molar-refractivity contribution in [1.82, 2.24) is 10.2 Å². The third-order valence-corrected chi connectivity index (χ3v) is 4.58. The Morgan fingerprint density at radius 2 is 2.00 bits per heavy atom. The molecule has 3 rings (SSSR count). The summed E-state index contributed by atoms with van der Waals surface area (Å²) in [5.41, 5.74) is 1.76. The van der Waals surface area contributed by atoms with Crippen molar-refractivity contribution in [3.63, 3.8) is 0 Å². The van der Waals surface area contributed by atoms with Crippen LogP contribution in [0.1, 0.15) is 24.2 Å². The van der Waals surface area contributed by atoms with E-state index in [1.165, 1.54) is 0 Å². The van der Waals surface area contributed by atoms with Crippen LogP contribution in [0.4, 0.5) is 0 Å². The van der Waals surface area contributed by atoms with Crippen molar-refractivity contribution in [1.29, 1.82) is 0 Å². The second-order valence-corrected chi connectivity index (χ2v) is 6.68. The average Bonchev–Trinajstić information content (AvgIpc) is 3.13. The molecule has 1 atom stereocenters. The van der Waals surface area contributed by atoms with Crippen molar-refractivity contribution >= 4 is 41.5 Å². The standard InChI is InChI=1S/C20H24ClN3O3.HI/c1-3-22-20(23-11-17(25)15-6-4-5-7-16(15)21)24(2)12-14-8-9-18-19(10-14)27-13-26-18;/h4-10,17,25H,3,11-13H2,1-2H3,(H,22,23);1H. The summed E-state index contributed by atoms with van der Waals surface area (Å²) in [4.78, 5) is 6.57. The monoisotopic (exact) mass is 517 g/mol. The van der Waals surface area contributed by atoms with Crippen LogP contribution in [0.25, 0.3) is 0 Å². The molecule has 1 aliphatic rings. The molecular weight excluding hydrogens is 493 g/mol. The lowest BCUT2D eigenvalue weighted by Crippen LogP contribution is -2.38. The molecule has 0 amide bonds. The summed E-state index contributed by atoms with van der Waals surface area (Å²) in [6, 6.07) is 13.2. The number of halogens is 2. The Kier molecular flexibility index (Phi) is 8.65. The molecule has 2 aromatic rings. The third-order valence-electron chi connectivity index (χ3n) is 4.23. The van der Waals surface area contributed by atoms with Gasteiger partial charge in [-0.2, -0.15) is 0 Å². The molecule has 2 aromatic carbocycles. The van der Waals surface area contributed by atoms with Gasteiger partial charge in [-0.25, -0.2) is 0 Å². The van der Waals surface area contributed by atoms with Crippen molar-refractivity contribution in [2.45, 2.75) is 19.6 Å². The summed E-state index contributed by atoms with van der Waals surface area (Å²) in [6.45, 7) is 3.86. The van der Waals surface area contributed by atoms with Gasteiger partial charge in [0.25, 0.3) is 0 Å². The van der Waals surface area contributed by atoms with Gasteiger partial charge in [-0.1, -0.05) is 35.9 Å². The number of rotatable bonds is 6. The second kappa shape index (κ2) is 10.7. The van der Waals surface area contributed by atoms with Crippen molar-refractivity contribution < 1.29 is 14.6 Å². The van der Waals surface area contributed by atoms with E-state index in [1.807, 2.05) is 55.3 Å². The van der Waals surface area contributed by atoms with Crippen LogP contribution in [0.3, 0.4) is 0 Å². The second-order valence-electron chi connectivity index (χ2n) is 6.28. The number of fused-ring (bicyclic) bond motifs is 1. The van der Waals surface area contributed by atoms with Crippen molar-refractivity contribution in [2.24, 2.45) is 4.99 Å². The number of hydrogen-bond acceptors (Lipinski definition) is 4. The van der Waals surface area contributed by atoms with Crippen molar-refractivity contribution in [3.8, 4) is 11.5 Å². The van der Waals surface area contributed by atoms with Crippen LogP contribution in [0, 0.1) is 0 Å². The van der Waals surface area contributed by atoms with Crippen LogP contribution in [0.5, 0.6) is 11.5 Å². The minimum atomic E-state index is -0.758. The molecule has 0 fully saturated rings. The summed E-state index contributed by atoms with van der Waals surface area (Å²) >= 11 is 6.16. The lowest BCUT2D eigenvalue weighted by molar-refractivity contribution is 0.174. The van der Waals surface area contributed by atoms with Crippen LogP contribution < -0.4 is 14.8 Å². The van der Waals surface area contributed by atoms with Crippen molar-refractivity contribution in [3.05, 3.63) is 58.6 Å². The van der Waals surface area contributed by atoms with Gasteiger partial charge >= 0.3 is 0 Å². The molecule has 1 unspecified atom stereocenters. The molecule has 28 heavy (non-hydrogen) atoms. The Morgan fingerprint density at radius 1 is 1.25 bits per heavy atom. The normalized spacial score (nSPS) is 13.6. The van der Waals surface area contributed by atoms with Gasteiger partial charge in [0.2, 0.25) is 6.79 Å². The van der Waals surface area contributed by atoms with Crippen LogP contribution in [-0.4, -0.2) is 42.9 Å². The highest BCUT2D eigenvalue weighted by Gasteiger charge is 2.16. The van der Waals surface area contributed by atoms with Gasteiger partial charge in [-0.15, -0.1) is 24.0 Å². The van der Waals surface area contributed by atoms with E-state index in [0.29, 0.717) is 23.1 Å². The van der Waals surface area contributed by atoms with E-state index in [9.17, 15) is 5.11 Å². The summed E-state index contributed by atoms with van der Waals surface area (Å²) in [5, 5.41) is 14.2. The SMILES string of the molecule is CCNC(=NCC(O)c1ccccc1Cl)N(C)Cc1ccc2c(c1)OCO2.I. The van der Waals surface area contributed by atoms with Crippen molar-refractivity contribution in [2.75, 3.05) is 26.9 Å². The first kappa shape index (κ1) is 22.6. The van der Waals surface area contributed by atoms with Crippen LogP contribution in [0.2, 0.25) is 5.02 Å². The zero-order chi connectivity index (χ0) is 19.2. The van der Waals surface area contributed by atoms with Gasteiger partial charge in [0.05, 0.1) is 6.54 Å². The summed E-state index contributed by atoms with van der Waals surface area (Å²) in [6.07, 6.45) is -0.758. The average molecular weight is 518 g/mol. The van der Waals surface area contributed by atoms with Gasteiger partial charge in [-0.3, -0.25) is 4.99 Å². The molecule has 1 heterocycles. The molecule has 0 aromatic heterocycles. The molecule has 0 radical (unpaired) electrons. The van der Waals surface area contributed by atoms with E-state index < -0.39 is 6.10 Å². The molecule has 8 heteroatoms. The zero-order valence-electron chi connectivity index (χ0n) is 15.9. The molecule has 2 N–H and O–H groups in total. The highest BCUT2D eigenvalue weighted by molar-refractivity contribution is 14.0. The number of benzene rings is 2. The topological polar surface area (TPSA) is 66.3 Å². The quantitative estimate of drug-likeness (QED) is 0.347. The van der Waals surface area contributed by atoms with Crippen LogP contribution >= 0.6 is 35.6 Å². The molecule has 152 valence electrons. The van der Waals surface area contributed by atoms with Gasteiger partial charge in [0.15, 0.2) is 17.5 Å². The minimum absolute atomic E-state index is 0. The third kappa shape index (κ3) is 5.65. The maximum absolute atomic E-state index is 10.4. The maximum Gasteiger partial charge on any atom is 0.231 e. The van der Waals surface area contributed by atoms with E-state index in [0.717, 1.165) is 23.6 Å². The Labute approximate surface area is 187 Å². The molecule has 1 aliphatic heterocycles. The Hall–Kier alpha value is -1.71. The molecule has 0 saturated carbocycles. The number of ether oxygens (including phenoxy) is 2. The fraction of sp³-hybridized carbons (Fsp3) is 0.350. The maximum atomic E-state index is 10.4. The van der Waals surface area contributed by atoms with Crippen LogP contribution in [-0.2, 0) is 6.54 Å². The predicted molar refractivity (Wildman–Crippen MR) is 122 cm³/mol. The van der Waals surface area contributed by atoms with Gasteiger partial charge in [-0.05, 0) is 30.7 Å². The Balaban J connectivity index is 0.00000280. The van der Waals surface area contributed by atoms with E-state index >= 15 is 0 Å². The number of nitrogens with one attached hydrogen (secondary N) is 1. The first-order chi connectivity index (χ1) is 13.1. The first-order valence-electron chi connectivity index (χ1n) is 8.89. The molecule has 0 spiro atoms. The number of hydrogen-bond donors (Lipinski definition) is 2. The molecule has 6 nitrogen and oxygen atoms in total. The van der Waals surface area contributed by atoms with E-state index in [1.54, 1.807) is 6.07 Å². The zero-order valence-corrected chi connectivity index (χ0v) is 19.0. The summed E-state index contributed by atoms with van der Waals surface area (Å²) in [7, 11) is 1.95. The van der Waals surface area contributed by atoms with E-state index in [4.69, 9.17) is 21.1 Å². The van der Waals surface area contributed by atoms with Gasteiger partial charge in [0, 0.05) is 30.7 Å². The lowest BCUT2D eigenvalue weighted by Gasteiger charge is -2.23. The van der Waals surface area contributed by atoms with Gasteiger partial charge in [0.1, 0.15) is 6.10 Å². The number of nitrogens with zero attached hydrogens (tertiary/aromatic N) is 2. The minimum Gasteiger partial charge on any atom is -0.454 e. The largest absolute Gasteiger partial charge is 0.454 e. The summed E-state index contributed by atoms with van der Waals surface area (Å²) in [5.74, 6) is 2.24. The first-order valence-corrected chi connectivity index (χ1v) is 9.26. The fourth-order valence-electron chi connectivity index (χ4n) is 2.87. The fourth-order valence-corrected chi connectivity index (χ4v) is 3.14. The van der Waals surface area contributed by atoms with Crippen LogP contribution in [0.15, 0.2) is 47.5 Å². The molecule has 0 aliphatic carbocycles. The van der Waals surface area contributed by atoms with Gasteiger partial charge < -0.3 is 24.8 Å². The highest BCUT2D eigenvalue weighted by Crippen LogP contribution is 2.32. The Morgan fingerprint density at radius 3 is 2.75 bits per heavy atom. The molecule has 0 bridgehead atoms. The molecule has 0 saturated heterocycles.